The van der Waals surface area contributed by atoms with E-state index in [1.807, 2.05) is 14.0 Å². The van der Waals surface area contributed by atoms with Crippen molar-refractivity contribution < 1.29 is 4.79 Å². The number of amides is 1. The van der Waals surface area contributed by atoms with E-state index in [9.17, 15) is 4.79 Å². The molecule has 1 amide bonds. The van der Waals surface area contributed by atoms with Crippen molar-refractivity contribution in [1.29, 1.82) is 0 Å². The second kappa shape index (κ2) is 5.52. The van der Waals surface area contributed by atoms with Crippen molar-refractivity contribution in [2.45, 2.75) is 34.1 Å². The number of carbonyl (C=O) groups excluding carboxylic acids is 1. The Kier molecular flexibility index (Phi) is 4.51. The molecule has 0 aromatic carbocycles. The first kappa shape index (κ1) is 14.7. The number of hydrogen-bond donors (Lipinski definition) is 2. The Labute approximate surface area is 109 Å². The Hall–Kier alpha value is -1.36. The Bertz CT molecular complexity index is 417. The normalized spacial score (nSPS) is 13.4. The van der Waals surface area contributed by atoms with E-state index in [0.717, 1.165) is 17.8 Å². The minimum atomic E-state index is -0.162. The van der Waals surface area contributed by atoms with Crippen molar-refractivity contribution in [3.05, 3.63) is 11.9 Å². The zero-order valence-electron chi connectivity index (χ0n) is 11.9. The van der Waals surface area contributed by atoms with Crippen LogP contribution in [0, 0.1) is 18.3 Å². The average molecular weight is 252 g/mol. The molecule has 3 N–H and O–H groups in total. The number of aromatic nitrogens is 2. The molecule has 0 saturated heterocycles. The molecule has 1 atom stereocenters. The van der Waals surface area contributed by atoms with E-state index in [1.54, 1.807) is 10.9 Å². The lowest BCUT2D eigenvalue weighted by molar-refractivity contribution is -0.120. The smallest absolute Gasteiger partial charge is 0.228 e. The number of carbonyl (C=O) groups is 1. The Morgan fingerprint density at radius 1 is 1.56 bits per heavy atom. The van der Waals surface area contributed by atoms with Gasteiger partial charge in [0.15, 0.2) is 0 Å². The summed E-state index contributed by atoms with van der Waals surface area (Å²) in [4.78, 5) is 12.2. The first-order chi connectivity index (χ1) is 8.23. The molecule has 0 fully saturated rings. The van der Waals surface area contributed by atoms with Gasteiger partial charge in [-0.3, -0.25) is 9.48 Å². The van der Waals surface area contributed by atoms with Gasteiger partial charge in [0.25, 0.3) is 0 Å². The maximum Gasteiger partial charge on any atom is 0.228 e. The highest BCUT2D eigenvalue weighted by atomic mass is 16.1. The average Bonchev–Trinajstić information content (AvgIpc) is 2.52. The van der Waals surface area contributed by atoms with Gasteiger partial charge in [0.2, 0.25) is 5.91 Å². The molecule has 0 aliphatic rings. The fourth-order valence-electron chi connectivity index (χ4n) is 1.98. The number of nitrogens with one attached hydrogen (secondary N) is 1. The van der Waals surface area contributed by atoms with Gasteiger partial charge in [-0.15, -0.1) is 0 Å². The molecule has 1 rings (SSSR count). The number of hydrogen-bond acceptors (Lipinski definition) is 3. The van der Waals surface area contributed by atoms with Crippen LogP contribution < -0.4 is 11.1 Å². The molecule has 1 aromatic heterocycles. The van der Waals surface area contributed by atoms with Crippen LogP contribution in [0.5, 0.6) is 0 Å². The number of nitrogens with two attached hydrogens (primary N) is 1. The van der Waals surface area contributed by atoms with Crippen LogP contribution in [-0.4, -0.2) is 22.2 Å². The van der Waals surface area contributed by atoms with Gasteiger partial charge in [0.1, 0.15) is 0 Å². The van der Waals surface area contributed by atoms with Crippen LogP contribution in [-0.2, 0) is 11.8 Å². The molecule has 1 heterocycles. The van der Waals surface area contributed by atoms with Crippen LogP contribution in [0.25, 0.3) is 0 Å². The largest absolute Gasteiger partial charge is 0.330 e. The van der Waals surface area contributed by atoms with Crippen molar-refractivity contribution in [2.24, 2.45) is 24.1 Å². The third-order valence-electron chi connectivity index (χ3n) is 2.79. The minimum Gasteiger partial charge on any atom is -0.330 e. The monoisotopic (exact) mass is 252 g/mol. The minimum absolute atomic E-state index is 0.0245. The maximum absolute atomic E-state index is 12.2. The predicted molar refractivity (Wildman–Crippen MR) is 73.2 cm³/mol. The van der Waals surface area contributed by atoms with Crippen LogP contribution in [0.15, 0.2) is 6.20 Å². The van der Waals surface area contributed by atoms with Gasteiger partial charge in [-0.05, 0) is 18.8 Å². The summed E-state index contributed by atoms with van der Waals surface area (Å²) in [6.45, 7) is 8.56. The lowest BCUT2D eigenvalue weighted by Crippen LogP contribution is -2.32. The molecule has 0 radical (unpaired) electrons. The summed E-state index contributed by atoms with van der Waals surface area (Å²) in [5, 5.41) is 7.10. The van der Waals surface area contributed by atoms with Crippen LogP contribution >= 0.6 is 0 Å². The van der Waals surface area contributed by atoms with Crippen LogP contribution in [0.2, 0.25) is 0 Å². The zero-order chi connectivity index (χ0) is 13.9. The molecule has 0 aliphatic heterocycles. The second-order valence-corrected chi connectivity index (χ2v) is 5.99. The van der Waals surface area contributed by atoms with Gasteiger partial charge < -0.3 is 11.1 Å². The van der Waals surface area contributed by atoms with Crippen molar-refractivity contribution in [1.82, 2.24) is 9.78 Å². The summed E-state index contributed by atoms with van der Waals surface area (Å²) in [5.74, 6) is -0.187. The number of aryl methyl sites for hydroxylation is 2. The number of rotatable bonds is 4. The zero-order valence-corrected chi connectivity index (χ0v) is 11.9. The number of anilines is 1. The van der Waals surface area contributed by atoms with Gasteiger partial charge in [0.05, 0.1) is 17.3 Å². The molecule has 0 spiro atoms. The SMILES string of the molecule is Cc1nn(C)cc1NC(=O)C(CN)CC(C)(C)C. The predicted octanol–water partition coefficient (Wildman–Crippen LogP) is 1.68. The molecule has 5 nitrogen and oxygen atoms in total. The van der Waals surface area contributed by atoms with E-state index in [2.05, 4.69) is 31.2 Å². The number of nitrogens with zero attached hydrogens (tertiary/aromatic N) is 2. The van der Waals surface area contributed by atoms with E-state index in [1.165, 1.54) is 0 Å². The summed E-state index contributed by atoms with van der Waals surface area (Å²) in [5.41, 5.74) is 7.36. The first-order valence-electron chi connectivity index (χ1n) is 6.24. The van der Waals surface area contributed by atoms with Crippen LogP contribution in [0.3, 0.4) is 0 Å². The lowest BCUT2D eigenvalue weighted by atomic mass is 9.84. The fourth-order valence-corrected chi connectivity index (χ4v) is 1.98. The van der Waals surface area contributed by atoms with Crippen LogP contribution in [0.1, 0.15) is 32.9 Å². The molecule has 0 saturated carbocycles. The van der Waals surface area contributed by atoms with E-state index < -0.39 is 0 Å². The van der Waals surface area contributed by atoms with E-state index >= 15 is 0 Å². The maximum atomic E-state index is 12.2. The molecule has 1 unspecified atom stereocenters. The summed E-state index contributed by atoms with van der Waals surface area (Å²) in [6.07, 6.45) is 2.58. The topological polar surface area (TPSA) is 72.9 Å². The van der Waals surface area contributed by atoms with Gasteiger partial charge in [-0.25, -0.2) is 0 Å². The Morgan fingerprint density at radius 3 is 2.56 bits per heavy atom. The van der Waals surface area contributed by atoms with Crippen molar-refractivity contribution in [3.8, 4) is 0 Å². The van der Waals surface area contributed by atoms with Crippen LogP contribution in [0.4, 0.5) is 5.69 Å². The molecule has 0 bridgehead atoms. The van der Waals surface area contributed by atoms with Gasteiger partial charge in [-0.2, -0.15) is 5.10 Å². The molecule has 102 valence electrons. The highest BCUT2D eigenvalue weighted by molar-refractivity contribution is 5.93. The van der Waals surface area contributed by atoms with Gasteiger partial charge >= 0.3 is 0 Å². The van der Waals surface area contributed by atoms with E-state index in [4.69, 9.17) is 5.73 Å². The van der Waals surface area contributed by atoms with Crippen molar-refractivity contribution in [3.63, 3.8) is 0 Å². The first-order valence-corrected chi connectivity index (χ1v) is 6.24. The van der Waals surface area contributed by atoms with Crippen molar-refractivity contribution >= 4 is 11.6 Å². The fraction of sp³-hybridized carbons (Fsp3) is 0.692. The van der Waals surface area contributed by atoms with E-state index in [-0.39, 0.29) is 17.2 Å². The Morgan fingerprint density at radius 2 is 2.17 bits per heavy atom. The lowest BCUT2D eigenvalue weighted by Gasteiger charge is -2.24. The van der Waals surface area contributed by atoms with Gasteiger partial charge in [0, 0.05) is 19.8 Å². The van der Waals surface area contributed by atoms with E-state index in [0.29, 0.717) is 6.54 Å². The molecule has 18 heavy (non-hydrogen) atoms. The molecular formula is C13H24N4O. The highest BCUT2D eigenvalue weighted by Gasteiger charge is 2.24. The van der Waals surface area contributed by atoms with Crippen molar-refractivity contribution in [2.75, 3.05) is 11.9 Å². The summed E-state index contributed by atoms with van der Waals surface area (Å²) in [6, 6.07) is 0. The summed E-state index contributed by atoms with van der Waals surface area (Å²) >= 11 is 0. The molecule has 1 aromatic rings. The summed E-state index contributed by atoms with van der Waals surface area (Å²) in [7, 11) is 1.83. The quantitative estimate of drug-likeness (QED) is 0.856. The molecule has 0 aliphatic carbocycles. The van der Waals surface area contributed by atoms with Gasteiger partial charge in [-0.1, -0.05) is 20.8 Å². The molecular weight excluding hydrogens is 228 g/mol. The molecule has 5 heteroatoms. The second-order valence-electron chi connectivity index (χ2n) is 5.99. The third kappa shape index (κ3) is 4.14. The summed E-state index contributed by atoms with van der Waals surface area (Å²) < 4.78 is 1.69. The Balaban J connectivity index is 2.71. The highest BCUT2D eigenvalue weighted by Crippen LogP contribution is 2.25. The third-order valence-corrected chi connectivity index (χ3v) is 2.79. The standard InChI is InChI=1S/C13H24N4O/c1-9-11(8-17(5)16-9)15-12(18)10(7-14)6-13(2,3)4/h8,10H,6-7,14H2,1-5H3,(H,15,18).